The minimum atomic E-state index is 0.0141. The smallest absolute Gasteiger partial charge is 0.141 e. The molecule has 0 spiro atoms. The van der Waals surface area contributed by atoms with E-state index in [2.05, 4.69) is 13.8 Å². The highest BCUT2D eigenvalue weighted by Crippen LogP contribution is 2.45. The van der Waals surface area contributed by atoms with E-state index in [0.29, 0.717) is 17.6 Å². The number of ketones is 1. The quantitative estimate of drug-likeness (QED) is 0.601. The maximum absolute atomic E-state index is 12.7. The zero-order chi connectivity index (χ0) is 12.3. The summed E-state index contributed by atoms with van der Waals surface area (Å²) < 4.78 is 0. The average Bonchev–Trinajstić information content (AvgIpc) is 2.66. The summed E-state index contributed by atoms with van der Waals surface area (Å²) in [4.78, 5) is 12.7. The molecule has 2 fully saturated rings. The molecule has 0 saturated heterocycles. The molecule has 0 aromatic rings. The fraction of sp³-hybridized carbons (Fsp3) is 0.938. The van der Waals surface area contributed by atoms with Crippen molar-refractivity contribution in [2.24, 2.45) is 17.3 Å². The van der Waals surface area contributed by atoms with E-state index < -0.39 is 0 Å². The molecule has 98 valence electrons. The Labute approximate surface area is 106 Å². The molecule has 2 saturated carbocycles. The first kappa shape index (κ1) is 13.1. The van der Waals surface area contributed by atoms with E-state index in [-0.39, 0.29) is 5.41 Å². The molecule has 0 N–H and O–H groups in total. The van der Waals surface area contributed by atoms with E-state index >= 15 is 0 Å². The van der Waals surface area contributed by atoms with Crippen LogP contribution in [0, 0.1) is 17.3 Å². The zero-order valence-electron chi connectivity index (χ0n) is 11.6. The lowest BCUT2D eigenvalue weighted by Crippen LogP contribution is -2.38. The van der Waals surface area contributed by atoms with Gasteiger partial charge < -0.3 is 0 Å². The third-order valence-electron chi connectivity index (χ3n) is 5.35. The molecule has 0 heterocycles. The summed E-state index contributed by atoms with van der Waals surface area (Å²) in [6, 6.07) is 0. The van der Waals surface area contributed by atoms with Crippen LogP contribution in [-0.4, -0.2) is 5.78 Å². The van der Waals surface area contributed by atoms with Crippen molar-refractivity contribution in [3.63, 3.8) is 0 Å². The van der Waals surface area contributed by atoms with Crippen LogP contribution in [0.5, 0.6) is 0 Å². The minimum absolute atomic E-state index is 0.0141. The molecule has 2 aliphatic carbocycles. The lowest BCUT2D eigenvalue weighted by atomic mass is 9.66. The maximum atomic E-state index is 12.7. The first-order valence-electron chi connectivity index (χ1n) is 7.69. The number of rotatable bonds is 1. The monoisotopic (exact) mass is 236 g/mol. The largest absolute Gasteiger partial charge is 0.299 e. The molecular formula is C16H28O. The molecule has 0 aromatic heterocycles. The van der Waals surface area contributed by atoms with Gasteiger partial charge in [-0.15, -0.1) is 0 Å². The van der Waals surface area contributed by atoms with Gasteiger partial charge in [0.2, 0.25) is 0 Å². The lowest BCUT2D eigenvalue weighted by molar-refractivity contribution is -0.134. The van der Waals surface area contributed by atoms with Crippen molar-refractivity contribution in [2.75, 3.05) is 0 Å². The van der Waals surface area contributed by atoms with Gasteiger partial charge in [0.1, 0.15) is 5.78 Å². The molecule has 0 aliphatic heterocycles. The normalized spacial score (nSPS) is 37.5. The fourth-order valence-corrected chi connectivity index (χ4v) is 4.08. The van der Waals surface area contributed by atoms with Gasteiger partial charge in [-0.3, -0.25) is 4.79 Å². The van der Waals surface area contributed by atoms with Crippen LogP contribution in [0.2, 0.25) is 0 Å². The second kappa shape index (κ2) is 5.54. The second-order valence-electron chi connectivity index (χ2n) is 6.62. The first-order chi connectivity index (χ1) is 8.14. The number of hydrogen-bond donors (Lipinski definition) is 0. The Balaban J connectivity index is 2.15. The zero-order valence-corrected chi connectivity index (χ0v) is 11.6. The van der Waals surface area contributed by atoms with E-state index in [1.165, 1.54) is 51.4 Å². The van der Waals surface area contributed by atoms with Crippen LogP contribution < -0.4 is 0 Å². The molecule has 2 unspecified atom stereocenters. The predicted molar refractivity (Wildman–Crippen MR) is 71.9 cm³/mol. The van der Waals surface area contributed by atoms with Crippen molar-refractivity contribution in [2.45, 2.75) is 78.1 Å². The lowest BCUT2D eigenvalue weighted by Gasteiger charge is -2.36. The molecule has 1 heteroatoms. The van der Waals surface area contributed by atoms with Crippen LogP contribution in [0.1, 0.15) is 78.1 Å². The summed E-state index contributed by atoms with van der Waals surface area (Å²) in [6.07, 6.45) is 12.9. The highest BCUT2D eigenvalue weighted by atomic mass is 16.1. The molecule has 0 radical (unpaired) electrons. The van der Waals surface area contributed by atoms with Crippen LogP contribution >= 0.6 is 0 Å². The molecular weight excluding hydrogens is 208 g/mol. The van der Waals surface area contributed by atoms with Crippen molar-refractivity contribution in [1.82, 2.24) is 0 Å². The Morgan fingerprint density at radius 1 is 0.941 bits per heavy atom. The number of Topliss-reactive ketones (excluding diaryl/α,β-unsaturated/α-hetero) is 1. The maximum Gasteiger partial charge on any atom is 0.141 e. The Hall–Kier alpha value is -0.330. The Morgan fingerprint density at radius 3 is 2.18 bits per heavy atom. The topological polar surface area (TPSA) is 17.1 Å². The van der Waals surface area contributed by atoms with Gasteiger partial charge in [-0.2, -0.15) is 0 Å². The van der Waals surface area contributed by atoms with Crippen molar-refractivity contribution in [3.05, 3.63) is 0 Å². The predicted octanol–water partition coefficient (Wildman–Crippen LogP) is 4.74. The molecule has 1 nitrogen and oxygen atoms in total. The van der Waals surface area contributed by atoms with Gasteiger partial charge in [-0.25, -0.2) is 0 Å². The fourth-order valence-electron chi connectivity index (χ4n) is 4.08. The first-order valence-corrected chi connectivity index (χ1v) is 7.69. The summed E-state index contributed by atoms with van der Waals surface area (Å²) >= 11 is 0. The van der Waals surface area contributed by atoms with Crippen LogP contribution in [0.25, 0.3) is 0 Å². The van der Waals surface area contributed by atoms with Gasteiger partial charge in [-0.05, 0) is 31.6 Å². The van der Waals surface area contributed by atoms with E-state index in [1.807, 2.05) is 0 Å². The van der Waals surface area contributed by atoms with Crippen LogP contribution in [0.4, 0.5) is 0 Å². The van der Waals surface area contributed by atoms with E-state index in [9.17, 15) is 4.79 Å². The van der Waals surface area contributed by atoms with Gasteiger partial charge >= 0.3 is 0 Å². The molecule has 0 amide bonds. The van der Waals surface area contributed by atoms with Gasteiger partial charge in [-0.1, -0.05) is 52.4 Å². The number of carbonyl (C=O) groups is 1. The average molecular weight is 236 g/mol. The molecule has 2 aliphatic rings. The van der Waals surface area contributed by atoms with Crippen molar-refractivity contribution in [1.29, 1.82) is 0 Å². The van der Waals surface area contributed by atoms with E-state index in [0.717, 1.165) is 12.8 Å². The van der Waals surface area contributed by atoms with Crippen molar-refractivity contribution < 1.29 is 4.79 Å². The van der Waals surface area contributed by atoms with Gasteiger partial charge in [0.25, 0.3) is 0 Å². The molecule has 0 bridgehead atoms. The van der Waals surface area contributed by atoms with E-state index in [1.54, 1.807) is 0 Å². The van der Waals surface area contributed by atoms with Gasteiger partial charge in [0, 0.05) is 11.3 Å². The summed E-state index contributed by atoms with van der Waals surface area (Å²) in [5.74, 6) is 1.57. The van der Waals surface area contributed by atoms with Crippen LogP contribution in [0.3, 0.4) is 0 Å². The third-order valence-corrected chi connectivity index (χ3v) is 5.35. The number of carbonyl (C=O) groups excluding carboxylic acids is 1. The van der Waals surface area contributed by atoms with Crippen LogP contribution in [0.15, 0.2) is 0 Å². The summed E-state index contributed by atoms with van der Waals surface area (Å²) in [6.45, 7) is 4.44. The molecule has 2 rings (SSSR count). The highest BCUT2D eigenvalue weighted by molar-refractivity contribution is 5.87. The van der Waals surface area contributed by atoms with Crippen molar-refractivity contribution >= 4 is 5.78 Å². The summed E-state index contributed by atoms with van der Waals surface area (Å²) in [5, 5.41) is 0. The summed E-state index contributed by atoms with van der Waals surface area (Å²) in [5.41, 5.74) is 0.0141. The Bertz CT molecular complexity index is 263. The van der Waals surface area contributed by atoms with Gasteiger partial charge in [0.05, 0.1) is 0 Å². The standard InChI is InChI=1S/C16H28O/c1-13-9-7-8-12-16(2,15(13)17)14-10-5-3-4-6-11-14/h13-14H,3-12H2,1-2H3. The van der Waals surface area contributed by atoms with Gasteiger partial charge in [0.15, 0.2) is 0 Å². The highest BCUT2D eigenvalue weighted by Gasteiger charge is 2.43. The van der Waals surface area contributed by atoms with Crippen LogP contribution in [-0.2, 0) is 4.79 Å². The SMILES string of the molecule is CC1CCCCC(C)(C2CCCCCC2)C1=O. The molecule has 2 atom stereocenters. The Morgan fingerprint density at radius 2 is 1.53 bits per heavy atom. The minimum Gasteiger partial charge on any atom is -0.299 e. The Kier molecular flexibility index (Phi) is 4.27. The molecule has 17 heavy (non-hydrogen) atoms. The van der Waals surface area contributed by atoms with Crippen molar-refractivity contribution in [3.8, 4) is 0 Å². The number of hydrogen-bond acceptors (Lipinski definition) is 1. The van der Waals surface area contributed by atoms with E-state index in [4.69, 9.17) is 0 Å². The summed E-state index contributed by atoms with van der Waals surface area (Å²) in [7, 11) is 0. The third kappa shape index (κ3) is 2.74. The molecule has 0 aromatic carbocycles. The second-order valence-corrected chi connectivity index (χ2v) is 6.62.